The molecule has 7 rings (SSSR count). The zero-order valence-electron chi connectivity index (χ0n) is 25.4. The fourth-order valence-corrected chi connectivity index (χ4v) is 7.30. The van der Waals surface area contributed by atoms with Gasteiger partial charge in [0.1, 0.15) is 5.82 Å². The molecule has 1 saturated carbocycles. The lowest BCUT2D eigenvalue weighted by Gasteiger charge is -2.42. The number of benzene rings is 2. The van der Waals surface area contributed by atoms with Gasteiger partial charge in [0.25, 0.3) is 0 Å². The van der Waals surface area contributed by atoms with Crippen LogP contribution in [-0.4, -0.2) is 78.2 Å². The number of hydrogen-bond acceptors (Lipinski definition) is 8. The first-order valence-corrected chi connectivity index (χ1v) is 16.1. The first-order chi connectivity index (χ1) is 21.1. The molecule has 3 aliphatic heterocycles. The van der Waals surface area contributed by atoms with E-state index in [1.807, 2.05) is 6.92 Å². The lowest BCUT2D eigenvalue weighted by atomic mass is 10.0. The van der Waals surface area contributed by atoms with Gasteiger partial charge in [-0.15, -0.1) is 0 Å². The van der Waals surface area contributed by atoms with Gasteiger partial charge in [-0.05, 0) is 69.8 Å². The number of ether oxygens (including phenoxy) is 1. The van der Waals surface area contributed by atoms with E-state index in [1.165, 1.54) is 60.8 Å². The summed E-state index contributed by atoms with van der Waals surface area (Å²) in [5, 5.41) is 12.1. The Labute approximate surface area is 255 Å². The number of anilines is 2. The standard InChI is InChI=1S/C35H43N7O/c1-2-17-40-21-22-42(23-28(40)12-16-36)33-30-13-20-41(32-11-7-9-27-8-3-4-10-29(27)32)24-31(30)37-34(38-33)43-26-35(14-15-35)25-39-18-5-6-19-39/h2-4,7-11,17,28H,5-6,12-15,18-26H2,1H3. The molecular formula is C35H43N7O. The average Bonchev–Trinajstić information content (AvgIpc) is 3.61. The number of rotatable bonds is 9. The van der Waals surface area contributed by atoms with Crippen molar-refractivity contribution in [2.24, 2.45) is 5.41 Å². The van der Waals surface area contributed by atoms with Gasteiger partial charge in [0.15, 0.2) is 0 Å². The van der Waals surface area contributed by atoms with Crippen molar-refractivity contribution in [1.29, 1.82) is 5.26 Å². The summed E-state index contributed by atoms with van der Waals surface area (Å²) in [5.41, 5.74) is 3.80. The summed E-state index contributed by atoms with van der Waals surface area (Å²) in [7, 11) is 0. The molecule has 0 bridgehead atoms. The van der Waals surface area contributed by atoms with Crippen molar-refractivity contribution >= 4 is 22.3 Å². The minimum absolute atomic E-state index is 0.135. The van der Waals surface area contributed by atoms with Crippen LogP contribution >= 0.6 is 0 Å². The summed E-state index contributed by atoms with van der Waals surface area (Å²) in [6.45, 7) is 10.4. The zero-order valence-corrected chi connectivity index (χ0v) is 25.4. The molecule has 0 N–H and O–H groups in total. The maximum atomic E-state index is 9.59. The summed E-state index contributed by atoms with van der Waals surface area (Å²) in [6.07, 6.45) is 10.6. The minimum atomic E-state index is 0.135. The Balaban J connectivity index is 1.18. The Hall–Kier alpha value is -3.83. The quantitative estimate of drug-likeness (QED) is 0.336. The summed E-state index contributed by atoms with van der Waals surface area (Å²) in [6, 6.07) is 18.3. The van der Waals surface area contributed by atoms with E-state index in [1.54, 1.807) is 0 Å². The second-order valence-electron chi connectivity index (χ2n) is 12.9. The molecule has 0 spiro atoms. The summed E-state index contributed by atoms with van der Waals surface area (Å²) >= 11 is 0. The predicted octanol–water partition coefficient (Wildman–Crippen LogP) is 5.39. The van der Waals surface area contributed by atoms with Crippen molar-refractivity contribution in [1.82, 2.24) is 19.8 Å². The number of nitrogens with zero attached hydrogens (tertiary/aromatic N) is 7. The van der Waals surface area contributed by atoms with E-state index in [0.717, 1.165) is 57.2 Å². The molecule has 1 aliphatic carbocycles. The van der Waals surface area contributed by atoms with Gasteiger partial charge in [-0.25, -0.2) is 0 Å². The number of aromatic nitrogens is 2. The second kappa shape index (κ2) is 12.0. The second-order valence-corrected chi connectivity index (χ2v) is 12.9. The van der Waals surface area contributed by atoms with Gasteiger partial charge in [-0.1, -0.05) is 42.5 Å². The van der Waals surface area contributed by atoms with Crippen LogP contribution in [0.15, 0.2) is 54.7 Å². The fraction of sp³-hybridized carbons (Fsp3) is 0.514. The van der Waals surface area contributed by atoms with E-state index >= 15 is 0 Å². The number of fused-ring (bicyclic) bond motifs is 2. The number of nitriles is 1. The summed E-state index contributed by atoms with van der Waals surface area (Å²) in [5.74, 6) is 1.00. The van der Waals surface area contributed by atoms with Gasteiger partial charge in [0.2, 0.25) is 0 Å². The van der Waals surface area contributed by atoms with Crippen LogP contribution in [0, 0.1) is 16.7 Å². The highest BCUT2D eigenvalue weighted by molar-refractivity contribution is 5.94. The maximum Gasteiger partial charge on any atom is 0.318 e. The van der Waals surface area contributed by atoms with E-state index in [0.29, 0.717) is 19.0 Å². The summed E-state index contributed by atoms with van der Waals surface area (Å²) < 4.78 is 6.52. The molecule has 4 heterocycles. The van der Waals surface area contributed by atoms with E-state index in [2.05, 4.69) is 80.4 Å². The largest absolute Gasteiger partial charge is 0.463 e. The van der Waals surface area contributed by atoms with Crippen LogP contribution in [0.3, 0.4) is 0 Å². The molecule has 8 heteroatoms. The van der Waals surface area contributed by atoms with Gasteiger partial charge in [0.05, 0.1) is 37.4 Å². The Morgan fingerprint density at radius 1 is 1.00 bits per heavy atom. The Bertz CT molecular complexity index is 1520. The molecule has 2 saturated heterocycles. The molecule has 8 nitrogen and oxygen atoms in total. The van der Waals surface area contributed by atoms with Crippen LogP contribution in [0.1, 0.15) is 50.3 Å². The number of likely N-dealkylation sites (tertiary alicyclic amines) is 1. The fourth-order valence-electron chi connectivity index (χ4n) is 7.30. The maximum absolute atomic E-state index is 9.59. The molecule has 0 amide bonds. The molecule has 2 aromatic carbocycles. The predicted molar refractivity (Wildman–Crippen MR) is 171 cm³/mol. The van der Waals surface area contributed by atoms with Crippen LogP contribution in [-0.2, 0) is 13.0 Å². The number of hydrogen-bond donors (Lipinski definition) is 0. The van der Waals surface area contributed by atoms with Crippen molar-refractivity contribution in [3.63, 3.8) is 0 Å². The van der Waals surface area contributed by atoms with Crippen LogP contribution in [0.2, 0.25) is 0 Å². The van der Waals surface area contributed by atoms with Gasteiger partial charge in [0, 0.05) is 54.8 Å². The smallest absolute Gasteiger partial charge is 0.318 e. The molecule has 0 radical (unpaired) electrons. The molecular weight excluding hydrogens is 534 g/mol. The SMILES string of the molecule is CC=CN1CCN(c2nc(OCC3(CN4CCCC4)CC3)nc3c2CCN(c2cccc4ccccc24)C3)CC1CC#N. The molecule has 3 aromatic rings. The van der Waals surface area contributed by atoms with E-state index in [-0.39, 0.29) is 11.5 Å². The van der Waals surface area contributed by atoms with Crippen molar-refractivity contribution in [3.8, 4) is 12.1 Å². The van der Waals surface area contributed by atoms with Gasteiger partial charge >= 0.3 is 6.01 Å². The summed E-state index contributed by atoms with van der Waals surface area (Å²) in [4.78, 5) is 20.0. The molecule has 1 atom stereocenters. The highest BCUT2D eigenvalue weighted by atomic mass is 16.5. The van der Waals surface area contributed by atoms with Crippen molar-refractivity contribution in [2.75, 3.05) is 62.2 Å². The minimum Gasteiger partial charge on any atom is -0.463 e. The zero-order chi connectivity index (χ0) is 29.2. The van der Waals surface area contributed by atoms with Crippen molar-refractivity contribution in [2.45, 2.75) is 58.0 Å². The Morgan fingerprint density at radius 3 is 2.65 bits per heavy atom. The normalized spacial score (nSPS) is 21.8. The highest BCUT2D eigenvalue weighted by Crippen LogP contribution is 2.47. The third-order valence-electron chi connectivity index (χ3n) is 9.85. The number of allylic oxidation sites excluding steroid dienone is 1. The molecule has 224 valence electrons. The van der Waals surface area contributed by atoms with E-state index in [9.17, 15) is 5.26 Å². The first-order valence-electron chi connectivity index (χ1n) is 16.1. The van der Waals surface area contributed by atoms with E-state index < -0.39 is 0 Å². The molecule has 1 aromatic heterocycles. The Kier molecular flexibility index (Phi) is 7.83. The van der Waals surface area contributed by atoms with Crippen molar-refractivity contribution < 1.29 is 4.74 Å². The first kappa shape index (κ1) is 28.0. The molecule has 43 heavy (non-hydrogen) atoms. The van der Waals surface area contributed by atoms with Gasteiger partial charge in [-0.3, -0.25) is 0 Å². The van der Waals surface area contributed by atoms with Crippen LogP contribution < -0.4 is 14.5 Å². The van der Waals surface area contributed by atoms with Gasteiger partial charge < -0.3 is 24.3 Å². The lowest BCUT2D eigenvalue weighted by molar-refractivity contribution is 0.169. The van der Waals surface area contributed by atoms with Crippen LogP contribution in [0.5, 0.6) is 6.01 Å². The third kappa shape index (κ3) is 5.88. The molecule has 1 unspecified atom stereocenters. The van der Waals surface area contributed by atoms with E-state index in [4.69, 9.17) is 14.7 Å². The lowest BCUT2D eigenvalue weighted by Crippen LogP contribution is -2.51. The van der Waals surface area contributed by atoms with Crippen molar-refractivity contribution in [3.05, 3.63) is 66.0 Å². The van der Waals surface area contributed by atoms with Crippen LogP contribution in [0.4, 0.5) is 11.5 Å². The average molecular weight is 578 g/mol. The molecule has 4 aliphatic rings. The Morgan fingerprint density at radius 2 is 1.84 bits per heavy atom. The monoisotopic (exact) mass is 577 g/mol. The van der Waals surface area contributed by atoms with Crippen LogP contribution in [0.25, 0.3) is 10.8 Å². The topological polar surface area (TPSA) is 71.8 Å². The third-order valence-corrected chi connectivity index (χ3v) is 9.85. The highest BCUT2D eigenvalue weighted by Gasteiger charge is 2.45. The van der Waals surface area contributed by atoms with Gasteiger partial charge in [-0.2, -0.15) is 15.2 Å². The molecule has 3 fully saturated rings. The number of piperazine rings is 1.